The maximum absolute atomic E-state index is 13.2. The molecule has 0 N–H and O–H groups in total. The van der Waals surface area contributed by atoms with Gasteiger partial charge in [-0.15, -0.1) is 0 Å². The van der Waals surface area contributed by atoms with Gasteiger partial charge >= 0.3 is 0 Å². The molecule has 98 valence electrons. The van der Waals surface area contributed by atoms with Gasteiger partial charge in [-0.1, -0.05) is 44.0 Å². The summed E-state index contributed by atoms with van der Waals surface area (Å²) in [5.74, 6) is -0.375. The minimum Gasteiger partial charge on any atom is -0.294 e. The first-order chi connectivity index (χ1) is 8.95. The molecule has 4 heteroatoms. The minimum absolute atomic E-state index is 0.0294. The van der Waals surface area contributed by atoms with Crippen molar-refractivity contribution in [3.05, 3.63) is 67.9 Å². The number of hydrogen-bond acceptors (Lipinski definition) is 1. The Bertz CT molecular complexity index is 618. The van der Waals surface area contributed by atoms with Crippen molar-refractivity contribution >= 4 is 37.6 Å². The van der Waals surface area contributed by atoms with Gasteiger partial charge in [0.1, 0.15) is 5.82 Å². The van der Waals surface area contributed by atoms with Crippen molar-refractivity contribution in [1.82, 2.24) is 0 Å². The Morgan fingerprint density at radius 3 is 2.53 bits per heavy atom. The molecule has 0 aliphatic heterocycles. The molecule has 0 radical (unpaired) electrons. The van der Waals surface area contributed by atoms with Gasteiger partial charge in [-0.05, 0) is 42.3 Å². The van der Waals surface area contributed by atoms with Crippen molar-refractivity contribution in [1.29, 1.82) is 0 Å². The van der Waals surface area contributed by atoms with Crippen molar-refractivity contribution in [2.75, 3.05) is 0 Å². The number of hydrogen-bond donors (Lipinski definition) is 0. The van der Waals surface area contributed by atoms with Crippen molar-refractivity contribution < 1.29 is 9.18 Å². The van der Waals surface area contributed by atoms with E-state index in [1.807, 2.05) is 13.0 Å². The summed E-state index contributed by atoms with van der Waals surface area (Å²) in [6.45, 7) is 1.96. The molecule has 0 fully saturated rings. The van der Waals surface area contributed by atoms with Crippen molar-refractivity contribution in [3.8, 4) is 0 Å². The lowest BCUT2D eigenvalue weighted by atomic mass is 10.0. The Hall–Kier alpha value is -1.00. The van der Waals surface area contributed by atoms with Gasteiger partial charge in [-0.2, -0.15) is 0 Å². The first-order valence-electron chi connectivity index (χ1n) is 5.70. The lowest BCUT2D eigenvalue weighted by Crippen LogP contribution is -2.04. The summed E-state index contributed by atoms with van der Waals surface area (Å²) >= 11 is 6.62. The Kier molecular flexibility index (Phi) is 4.53. The van der Waals surface area contributed by atoms with Crippen LogP contribution in [0.25, 0.3) is 0 Å². The van der Waals surface area contributed by atoms with Crippen LogP contribution in [-0.2, 0) is 6.42 Å². The van der Waals surface area contributed by atoms with E-state index in [1.54, 1.807) is 18.2 Å². The lowest BCUT2D eigenvalue weighted by Gasteiger charge is -2.05. The molecule has 0 aliphatic carbocycles. The monoisotopic (exact) mass is 384 g/mol. The Labute approximate surface area is 128 Å². The van der Waals surface area contributed by atoms with Gasteiger partial charge in [-0.3, -0.25) is 4.79 Å². The SMILES string of the molecule is Cc1ccc(C(=O)Cc2cc(F)cc(Br)c2)cc1Br. The van der Waals surface area contributed by atoms with Crippen LogP contribution in [0.3, 0.4) is 0 Å². The zero-order valence-corrected chi connectivity index (χ0v) is 13.4. The van der Waals surface area contributed by atoms with Gasteiger partial charge < -0.3 is 0 Å². The first kappa shape index (κ1) is 14.4. The van der Waals surface area contributed by atoms with Crippen molar-refractivity contribution in [2.45, 2.75) is 13.3 Å². The summed E-state index contributed by atoms with van der Waals surface area (Å²) in [5.41, 5.74) is 2.36. The molecule has 0 atom stereocenters. The molecular weight excluding hydrogens is 375 g/mol. The number of benzene rings is 2. The zero-order valence-electron chi connectivity index (χ0n) is 10.2. The van der Waals surface area contributed by atoms with E-state index < -0.39 is 0 Å². The van der Waals surface area contributed by atoms with Gasteiger partial charge in [0.2, 0.25) is 0 Å². The van der Waals surface area contributed by atoms with Crippen molar-refractivity contribution in [2.24, 2.45) is 0 Å². The standard InChI is InChI=1S/C15H11Br2FO/c1-9-2-3-11(7-14(9)17)15(19)6-10-4-12(16)8-13(18)5-10/h2-5,7-8H,6H2,1H3. The van der Waals surface area contributed by atoms with Crippen LogP contribution in [0.5, 0.6) is 0 Å². The zero-order chi connectivity index (χ0) is 14.0. The highest BCUT2D eigenvalue weighted by Gasteiger charge is 2.10. The fraction of sp³-hybridized carbons (Fsp3) is 0.133. The smallest absolute Gasteiger partial charge is 0.167 e. The van der Waals surface area contributed by atoms with Crippen LogP contribution >= 0.6 is 31.9 Å². The van der Waals surface area contributed by atoms with Gasteiger partial charge in [0.15, 0.2) is 5.78 Å². The summed E-state index contributed by atoms with van der Waals surface area (Å²) < 4.78 is 14.8. The van der Waals surface area contributed by atoms with Crippen LogP contribution in [0.2, 0.25) is 0 Å². The summed E-state index contributed by atoms with van der Waals surface area (Å²) in [6.07, 6.45) is 0.186. The largest absolute Gasteiger partial charge is 0.294 e. The summed E-state index contributed by atoms with van der Waals surface area (Å²) in [7, 11) is 0. The molecule has 0 amide bonds. The van der Waals surface area contributed by atoms with Crippen LogP contribution in [0.4, 0.5) is 4.39 Å². The van der Waals surface area contributed by atoms with Gasteiger partial charge in [0.05, 0.1) is 0 Å². The second kappa shape index (κ2) is 5.97. The van der Waals surface area contributed by atoms with E-state index in [0.717, 1.165) is 10.0 Å². The molecule has 2 aromatic rings. The Morgan fingerprint density at radius 2 is 1.89 bits per heavy atom. The molecular formula is C15H11Br2FO. The number of ketones is 1. The van der Waals surface area contributed by atoms with E-state index in [9.17, 15) is 9.18 Å². The van der Waals surface area contributed by atoms with Crippen LogP contribution in [-0.4, -0.2) is 5.78 Å². The molecule has 2 aromatic carbocycles. The number of carbonyl (C=O) groups excluding carboxylic acids is 1. The summed E-state index contributed by atoms with van der Waals surface area (Å²) in [6, 6.07) is 9.98. The predicted octanol–water partition coefficient (Wildman–Crippen LogP) is 5.08. The minimum atomic E-state index is -0.345. The molecule has 0 spiro atoms. The van der Waals surface area contributed by atoms with Crippen LogP contribution in [0, 0.1) is 12.7 Å². The number of halogens is 3. The Balaban J connectivity index is 2.22. The average molecular weight is 386 g/mol. The molecule has 0 unspecified atom stereocenters. The molecule has 19 heavy (non-hydrogen) atoms. The van der Waals surface area contributed by atoms with E-state index >= 15 is 0 Å². The number of aryl methyl sites for hydroxylation is 1. The molecule has 2 rings (SSSR count). The number of rotatable bonds is 3. The molecule has 0 aliphatic rings. The molecule has 0 aromatic heterocycles. The van der Waals surface area contributed by atoms with E-state index in [0.29, 0.717) is 15.6 Å². The molecule has 0 saturated carbocycles. The average Bonchev–Trinajstić information content (AvgIpc) is 2.31. The lowest BCUT2D eigenvalue weighted by molar-refractivity contribution is 0.0993. The van der Waals surface area contributed by atoms with Gasteiger partial charge in [0, 0.05) is 20.9 Å². The number of Topliss-reactive ketones (excluding diaryl/α,β-unsaturated/α-hetero) is 1. The number of carbonyl (C=O) groups is 1. The van der Waals surface area contributed by atoms with E-state index in [4.69, 9.17) is 0 Å². The summed E-state index contributed by atoms with van der Waals surface area (Å²) in [5, 5.41) is 0. The molecule has 0 saturated heterocycles. The van der Waals surface area contributed by atoms with E-state index in [1.165, 1.54) is 12.1 Å². The molecule has 0 bridgehead atoms. The fourth-order valence-electron chi connectivity index (χ4n) is 1.77. The fourth-order valence-corrected chi connectivity index (χ4v) is 2.66. The third kappa shape index (κ3) is 3.74. The quantitative estimate of drug-likeness (QED) is 0.673. The third-order valence-electron chi connectivity index (χ3n) is 2.78. The second-order valence-corrected chi connectivity index (χ2v) is 6.11. The van der Waals surface area contributed by atoms with Crippen molar-refractivity contribution in [3.63, 3.8) is 0 Å². The van der Waals surface area contributed by atoms with E-state index in [2.05, 4.69) is 31.9 Å². The topological polar surface area (TPSA) is 17.1 Å². The van der Waals surface area contributed by atoms with Crippen LogP contribution < -0.4 is 0 Å². The highest BCUT2D eigenvalue weighted by atomic mass is 79.9. The third-order valence-corrected chi connectivity index (χ3v) is 4.09. The van der Waals surface area contributed by atoms with Gasteiger partial charge in [0.25, 0.3) is 0 Å². The first-order valence-corrected chi connectivity index (χ1v) is 7.28. The Morgan fingerprint density at radius 1 is 1.16 bits per heavy atom. The maximum atomic E-state index is 13.2. The highest BCUT2D eigenvalue weighted by Crippen LogP contribution is 2.20. The van der Waals surface area contributed by atoms with Crippen LogP contribution in [0.15, 0.2) is 45.3 Å². The summed E-state index contributed by atoms with van der Waals surface area (Å²) in [4.78, 5) is 12.1. The normalized spacial score (nSPS) is 10.5. The molecule has 1 nitrogen and oxygen atoms in total. The van der Waals surface area contributed by atoms with E-state index in [-0.39, 0.29) is 18.0 Å². The second-order valence-electron chi connectivity index (χ2n) is 4.34. The highest BCUT2D eigenvalue weighted by molar-refractivity contribution is 9.10. The predicted molar refractivity (Wildman–Crippen MR) is 81.0 cm³/mol. The maximum Gasteiger partial charge on any atom is 0.167 e. The van der Waals surface area contributed by atoms with Crippen LogP contribution in [0.1, 0.15) is 21.5 Å². The van der Waals surface area contributed by atoms with Gasteiger partial charge in [-0.25, -0.2) is 4.39 Å². The molecule has 0 heterocycles.